The minimum Gasteiger partial charge on any atom is -0.454 e. The Labute approximate surface area is 201 Å². The number of rotatable bonds is 10. The number of nitrogens with one attached hydrogen (secondary N) is 3. The number of aromatic nitrogens is 1. The number of hydrogen-bond acceptors (Lipinski definition) is 5. The highest BCUT2D eigenvalue weighted by atomic mass is 35.5. The number of carbonyl (C=O) groups is 2. The van der Waals surface area contributed by atoms with Crippen LogP contribution in [0.3, 0.4) is 0 Å². The van der Waals surface area contributed by atoms with E-state index < -0.39 is 17.2 Å². The summed E-state index contributed by atoms with van der Waals surface area (Å²) < 4.78 is 20.4. The summed E-state index contributed by atoms with van der Waals surface area (Å²) in [5.74, 6) is -0.821. The Morgan fingerprint density at radius 2 is 1.94 bits per heavy atom. The SMILES string of the molecule is C=CC(=O)Nc1ccccc1Nc1cc(OC(C=C)=C(F)C(Cl)C=NC(=O)NC2CC2)ccn1. The highest BCUT2D eigenvalue weighted by Gasteiger charge is 2.23. The molecule has 1 heterocycles. The lowest BCUT2D eigenvalue weighted by molar-refractivity contribution is -0.111. The predicted molar refractivity (Wildman–Crippen MR) is 131 cm³/mol. The van der Waals surface area contributed by atoms with E-state index in [2.05, 4.69) is 39.1 Å². The first-order chi connectivity index (χ1) is 16.4. The van der Waals surface area contributed by atoms with Gasteiger partial charge in [-0.3, -0.25) is 4.79 Å². The molecular formula is C24H23ClFN5O3. The van der Waals surface area contributed by atoms with Crippen LogP contribution in [-0.4, -0.2) is 34.6 Å². The van der Waals surface area contributed by atoms with Gasteiger partial charge in [0.05, 0.1) is 11.4 Å². The number of pyridine rings is 1. The smallest absolute Gasteiger partial charge is 0.340 e. The number of amides is 3. The van der Waals surface area contributed by atoms with Gasteiger partial charge >= 0.3 is 6.03 Å². The van der Waals surface area contributed by atoms with Gasteiger partial charge < -0.3 is 20.7 Å². The van der Waals surface area contributed by atoms with Crippen molar-refractivity contribution in [1.82, 2.24) is 10.3 Å². The van der Waals surface area contributed by atoms with Crippen LogP contribution in [-0.2, 0) is 4.79 Å². The van der Waals surface area contributed by atoms with Crippen molar-refractivity contribution in [3.63, 3.8) is 0 Å². The van der Waals surface area contributed by atoms with E-state index in [0.29, 0.717) is 17.2 Å². The lowest BCUT2D eigenvalue weighted by Crippen LogP contribution is -2.22. The summed E-state index contributed by atoms with van der Waals surface area (Å²) in [6, 6.07) is 9.62. The Hall–Kier alpha value is -3.98. The van der Waals surface area contributed by atoms with Crippen LogP contribution in [0, 0.1) is 0 Å². The van der Waals surface area contributed by atoms with Gasteiger partial charge in [0.25, 0.3) is 0 Å². The highest BCUT2D eigenvalue weighted by Crippen LogP contribution is 2.27. The minimum absolute atomic E-state index is 0.130. The zero-order valence-corrected chi connectivity index (χ0v) is 18.9. The largest absolute Gasteiger partial charge is 0.454 e. The fourth-order valence-corrected chi connectivity index (χ4v) is 2.82. The average Bonchev–Trinajstić information content (AvgIpc) is 3.66. The van der Waals surface area contributed by atoms with Gasteiger partial charge in [-0.2, -0.15) is 0 Å². The maximum absolute atomic E-state index is 14.8. The Bertz CT molecular complexity index is 1150. The molecule has 0 aliphatic heterocycles. The van der Waals surface area contributed by atoms with Gasteiger partial charge in [0, 0.05) is 24.5 Å². The monoisotopic (exact) mass is 483 g/mol. The Balaban J connectivity index is 1.71. The van der Waals surface area contributed by atoms with E-state index in [-0.39, 0.29) is 23.5 Å². The molecule has 1 atom stereocenters. The van der Waals surface area contributed by atoms with Gasteiger partial charge in [0.2, 0.25) is 5.91 Å². The van der Waals surface area contributed by atoms with Crippen molar-refractivity contribution in [1.29, 1.82) is 0 Å². The molecule has 3 N–H and O–H groups in total. The lowest BCUT2D eigenvalue weighted by Gasteiger charge is -2.13. The van der Waals surface area contributed by atoms with E-state index in [1.807, 2.05) is 0 Å². The van der Waals surface area contributed by atoms with Crippen molar-refractivity contribution in [2.45, 2.75) is 24.3 Å². The molecule has 1 aliphatic carbocycles. The topological polar surface area (TPSA) is 105 Å². The van der Waals surface area contributed by atoms with Gasteiger partial charge in [0.1, 0.15) is 16.9 Å². The summed E-state index contributed by atoms with van der Waals surface area (Å²) in [4.78, 5) is 31.1. The molecule has 0 bridgehead atoms. The summed E-state index contributed by atoms with van der Waals surface area (Å²) in [5.41, 5.74) is 1.10. The highest BCUT2D eigenvalue weighted by molar-refractivity contribution is 6.30. The van der Waals surface area contributed by atoms with Crippen molar-refractivity contribution < 1.29 is 18.7 Å². The number of ether oxygens (including phenoxy) is 1. The summed E-state index contributed by atoms with van der Waals surface area (Å²) >= 11 is 6.02. The number of para-hydroxylation sites is 2. The Morgan fingerprint density at radius 1 is 1.21 bits per heavy atom. The summed E-state index contributed by atoms with van der Waals surface area (Å²) in [7, 11) is 0. The molecule has 1 aromatic carbocycles. The fraction of sp³-hybridized carbons (Fsp3) is 0.167. The second-order valence-electron chi connectivity index (χ2n) is 7.16. The third-order valence-electron chi connectivity index (χ3n) is 4.48. The lowest BCUT2D eigenvalue weighted by atomic mass is 10.2. The third-order valence-corrected chi connectivity index (χ3v) is 4.79. The molecule has 34 heavy (non-hydrogen) atoms. The number of anilines is 3. The van der Waals surface area contributed by atoms with E-state index in [0.717, 1.165) is 31.2 Å². The Kier molecular flexibility index (Phi) is 8.53. The molecule has 0 saturated heterocycles. The van der Waals surface area contributed by atoms with Crippen LogP contribution < -0.4 is 20.7 Å². The molecule has 1 aliphatic rings. The third kappa shape index (κ3) is 7.28. The molecule has 8 nitrogen and oxygen atoms in total. The molecule has 1 saturated carbocycles. The van der Waals surface area contributed by atoms with Gasteiger partial charge in [-0.25, -0.2) is 19.2 Å². The molecule has 3 amide bonds. The maximum Gasteiger partial charge on any atom is 0.340 e. The summed E-state index contributed by atoms with van der Waals surface area (Å²) in [5, 5.41) is 7.09. The second-order valence-corrected chi connectivity index (χ2v) is 7.63. The maximum atomic E-state index is 14.8. The van der Waals surface area contributed by atoms with Crippen LogP contribution >= 0.6 is 11.6 Å². The zero-order chi connectivity index (χ0) is 24.5. The minimum atomic E-state index is -1.32. The van der Waals surface area contributed by atoms with Gasteiger partial charge in [0.15, 0.2) is 11.6 Å². The molecule has 10 heteroatoms. The molecule has 3 rings (SSSR count). The van der Waals surface area contributed by atoms with Crippen LogP contribution in [0.1, 0.15) is 12.8 Å². The Morgan fingerprint density at radius 3 is 2.62 bits per heavy atom. The number of aliphatic imine (C=N–C) groups is 1. The summed E-state index contributed by atoms with van der Waals surface area (Å²) in [6.45, 7) is 6.99. The van der Waals surface area contributed by atoms with Crippen LogP contribution in [0.25, 0.3) is 0 Å². The molecule has 0 spiro atoms. The molecule has 2 aromatic rings. The normalized spacial score (nSPS) is 14.5. The molecule has 176 valence electrons. The first-order valence-electron chi connectivity index (χ1n) is 10.3. The van der Waals surface area contributed by atoms with Crippen molar-refractivity contribution in [2.75, 3.05) is 10.6 Å². The molecular weight excluding hydrogens is 461 g/mol. The van der Waals surface area contributed by atoms with Gasteiger partial charge in [-0.05, 0) is 43.2 Å². The van der Waals surface area contributed by atoms with E-state index >= 15 is 0 Å². The summed E-state index contributed by atoms with van der Waals surface area (Å²) in [6.07, 6.45) is 6.60. The quantitative estimate of drug-likeness (QED) is 0.141. The predicted octanol–water partition coefficient (Wildman–Crippen LogP) is 5.25. The van der Waals surface area contributed by atoms with Crippen molar-refractivity contribution in [3.05, 3.63) is 79.5 Å². The number of carbonyl (C=O) groups excluding carboxylic acids is 2. The molecule has 1 aromatic heterocycles. The van der Waals surface area contributed by atoms with Crippen LogP contribution in [0.15, 0.2) is 84.5 Å². The number of hydrogen-bond donors (Lipinski definition) is 3. The number of allylic oxidation sites excluding steroid dienone is 2. The molecule has 1 unspecified atom stereocenters. The first kappa shape index (κ1) is 24.7. The van der Waals surface area contributed by atoms with Crippen molar-refractivity contribution in [2.24, 2.45) is 4.99 Å². The van der Waals surface area contributed by atoms with Crippen molar-refractivity contribution >= 4 is 46.9 Å². The van der Waals surface area contributed by atoms with Gasteiger partial charge in [-0.1, -0.05) is 25.3 Å². The number of alkyl halides is 1. The van der Waals surface area contributed by atoms with Crippen LogP contribution in [0.2, 0.25) is 0 Å². The number of benzene rings is 1. The standard InChI is InChI=1S/C24H23ClFN5O3/c1-3-20(23(26)17(25)14-28-24(33)29-15-9-10-15)34-16-11-12-27-21(13-16)30-18-7-5-6-8-19(18)31-22(32)4-2/h3-8,11-15,17H,1-2,9-10H2,(H,27,30)(H,29,33)(H,31,32). The van der Waals surface area contributed by atoms with E-state index in [9.17, 15) is 14.0 Å². The fourth-order valence-electron chi connectivity index (χ4n) is 2.65. The second kappa shape index (κ2) is 11.8. The molecule has 0 radical (unpaired) electrons. The van der Waals surface area contributed by atoms with E-state index in [4.69, 9.17) is 16.3 Å². The van der Waals surface area contributed by atoms with Crippen LogP contribution in [0.4, 0.5) is 26.4 Å². The molecule has 1 fully saturated rings. The van der Waals surface area contributed by atoms with Crippen molar-refractivity contribution in [3.8, 4) is 5.75 Å². The average molecular weight is 484 g/mol. The first-order valence-corrected chi connectivity index (χ1v) is 10.8. The number of urea groups is 1. The number of halogens is 2. The van der Waals surface area contributed by atoms with E-state index in [1.54, 1.807) is 24.3 Å². The van der Waals surface area contributed by atoms with E-state index in [1.165, 1.54) is 18.3 Å². The number of nitrogens with zero attached hydrogens (tertiary/aromatic N) is 2. The van der Waals surface area contributed by atoms with Crippen LogP contribution in [0.5, 0.6) is 5.75 Å². The van der Waals surface area contributed by atoms with Gasteiger partial charge in [-0.15, -0.1) is 11.6 Å². The zero-order valence-electron chi connectivity index (χ0n) is 18.1.